The molecule has 34 heavy (non-hydrogen) atoms. The van der Waals surface area contributed by atoms with E-state index in [0.29, 0.717) is 5.69 Å². The Hall–Kier alpha value is -3.29. The van der Waals surface area contributed by atoms with Crippen LogP contribution in [0.15, 0.2) is 60.7 Å². The van der Waals surface area contributed by atoms with Crippen LogP contribution in [-0.4, -0.2) is 38.2 Å². The molecule has 3 aromatic rings. The highest BCUT2D eigenvalue weighted by atomic mass is 19.1. The van der Waals surface area contributed by atoms with Crippen LogP contribution in [0, 0.1) is 5.82 Å². The highest BCUT2D eigenvalue weighted by Crippen LogP contribution is 2.36. The normalized spacial score (nSPS) is 17.4. The van der Waals surface area contributed by atoms with E-state index in [-0.39, 0.29) is 18.2 Å². The highest BCUT2D eigenvalue weighted by molar-refractivity contribution is 5.64. The molecule has 0 radical (unpaired) electrons. The van der Waals surface area contributed by atoms with E-state index in [1.807, 2.05) is 18.2 Å². The minimum Gasteiger partial charge on any atom is -0.550 e. The summed E-state index contributed by atoms with van der Waals surface area (Å²) in [5, 5.41) is 35.8. The minimum atomic E-state index is -1.36. The van der Waals surface area contributed by atoms with Crippen molar-refractivity contribution in [3.8, 4) is 5.69 Å². The number of hydrogen-bond donors (Lipinski definition) is 2. The van der Waals surface area contributed by atoms with Crippen molar-refractivity contribution in [2.75, 3.05) is 0 Å². The Labute approximate surface area is 198 Å². The van der Waals surface area contributed by atoms with Crippen LogP contribution >= 0.6 is 0 Å². The summed E-state index contributed by atoms with van der Waals surface area (Å²) in [6.07, 6.45) is 4.15. The number of aliphatic hydroxyl groups is 2. The first-order valence-corrected chi connectivity index (χ1v) is 11.6. The third-order valence-corrected chi connectivity index (χ3v) is 6.21. The van der Waals surface area contributed by atoms with Crippen LogP contribution in [0.2, 0.25) is 0 Å². The number of benzene rings is 2. The van der Waals surface area contributed by atoms with E-state index in [4.69, 9.17) is 5.10 Å². The van der Waals surface area contributed by atoms with Crippen LogP contribution in [0.4, 0.5) is 4.39 Å². The number of aliphatic carboxylic acids is 1. The number of aliphatic hydroxyl groups excluding tert-OH is 2. The van der Waals surface area contributed by atoms with Gasteiger partial charge in [-0.15, -0.1) is 0 Å². The number of carbonyl (C=O) groups excluding carboxylic acids is 1. The highest BCUT2D eigenvalue weighted by Gasteiger charge is 2.28. The van der Waals surface area contributed by atoms with Gasteiger partial charge in [0.25, 0.3) is 0 Å². The van der Waals surface area contributed by atoms with Crippen molar-refractivity contribution < 1.29 is 24.5 Å². The second-order valence-corrected chi connectivity index (χ2v) is 8.81. The molecule has 0 aliphatic heterocycles. The lowest BCUT2D eigenvalue weighted by Gasteiger charge is -2.21. The lowest BCUT2D eigenvalue weighted by molar-refractivity contribution is -0.307. The maximum Gasteiger partial charge on any atom is 0.123 e. The monoisotopic (exact) mass is 463 g/mol. The first-order chi connectivity index (χ1) is 16.4. The summed E-state index contributed by atoms with van der Waals surface area (Å²) in [7, 11) is 0. The SMILES string of the molecule is O=C([O-])CC(O)CC(O)/C=C/c1c2c(nn1-c1ccc(F)cc1)C(Cc1ccccc1)CCC2. The van der Waals surface area contributed by atoms with Gasteiger partial charge in [-0.25, -0.2) is 9.07 Å². The molecule has 3 unspecified atom stereocenters. The molecular weight excluding hydrogens is 435 g/mol. The van der Waals surface area contributed by atoms with Gasteiger partial charge in [0.05, 0.1) is 29.3 Å². The summed E-state index contributed by atoms with van der Waals surface area (Å²) in [5.74, 6) is -1.46. The average Bonchev–Trinajstić information content (AvgIpc) is 3.18. The number of hydrogen-bond acceptors (Lipinski definition) is 5. The van der Waals surface area contributed by atoms with Gasteiger partial charge in [0.1, 0.15) is 5.82 Å². The van der Waals surface area contributed by atoms with E-state index in [9.17, 15) is 24.5 Å². The molecule has 1 aromatic heterocycles. The van der Waals surface area contributed by atoms with Crippen molar-refractivity contribution in [2.45, 2.75) is 56.7 Å². The van der Waals surface area contributed by atoms with Gasteiger partial charge in [0.2, 0.25) is 0 Å². The second-order valence-electron chi connectivity index (χ2n) is 8.81. The molecule has 2 N–H and O–H groups in total. The summed E-state index contributed by atoms with van der Waals surface area (Å²) < 4.78 is 15.3. The molecule has 0 spiro atoms. The van der Waals surface area contributed by atoms with Crippen LogP contribution in [0.5, 0.6) is 0 Å². The van der Waals surface area contributed by atoms with E-state index in [1.165, 1.54) is 23.8 Å². The summed E-state index contributed by atoms with van der Waals surface area (Å²) in [4.78, 5) is 10.7. The summed E-state index contributed by atoms with van der Waals surface area (Å²) >= 11 is 0. The molecule has 0 saturated heterocycles. The van der Waals surface area contributed by atoms with Gasteiger partial charge in [0, 0.05) is 30.3 Å². The number of nitrogens with zero attached hydrogens (tertiary/aromatic N) is 2. The number of halogens is 1. The molecule has 6 nitrogen and oxygen atoms in total. The number of carbonyl (C=O) groups is 1. The lowest BCUT2D eigenvalue weighted by atomic mass is 9.83. The molecule has 1 aliphatic rings. The number of aromatic nitrogens is 2. The molecular formula is C27H28FN2O4-. The zero-order chi connectivity index (χ0) is 24.1. The zero-order valence-electron chi connectivity index (χ0n) is 18.8. The molecule has 2 aromatic carbocycles. The fourth-order valence-corrected chi connectivity index (χ4v) is 4.61. The van der Waals surface area contributed by atoms with Crippen LogP contribution in [0.3, 0.4) is 0 Å². The van der Waals surface area contributed by atoms with E-state index in [1.54, 1.807) is 22.9 Å². The predicted octanol–water partition coefficient (Wildman–Crippen LogP) is 2.94. The van der Waals surface area contributed by atoms with Gasteiger partial charge >= 0.3 is 0 Å². The Morgan fingerprint density at radius 3 is 2.62 bits per heavy atom. The molecule has 4 rings (SSSR count). The number of fused-ring (bicyclic) bond motifs is 1. The van der Waals surface area contributed by atoms with E-state index in [0.717, 1.165) is 42.6 Å². The molecule has 3 atom stereocenters. The van der Waals surface area contributed by atoms with E-state index >= 15 is 0 Å². The summed E-state index contributed by atoms with van der Waals surface area (Å²) in [5.41, 5.74) is 4.85. The smallest absolute Gasteiger partial charge is 0.123 e. The van der Waals surface area contributed by atoms with Crippen molar-refractivity contribution >= 4 is 12.0 Å². The van der Waals surface area contributed by atoms with Crippen LogP contribution in [-0.2, 0) is 17.6 Å². The molecule has 0 saturated carbocycles. The van der Waals surface area contributed by atoms with Gasteiger partial charge in [-0.2, -0.15) is 5.10 Å². The standard InChI is InChI=1S/C27H29FN2O4/c28-20-9-11-21(12-10-20)30-25(14-13-22(31)16-23(32)17-26(33)34)24-8-4-7-19(27(24)29-30)15-18-5-2-1-3-6-18/h1-3,5-6,9-14,19,22-23,31-32H,4,7-8,15-17H2,(H,33,34)/p-1/b14-13+. The van der Waals surface area contributed by atoms with Crippen molar-refractivity contribution in [3.05, 3.63) is 89.0 Å². The average molecular weight is 464 g/mol. The first-order valence-electron chi connectivity index (χ1n) is 11.6. The van der Waals surface area contributed by atoms with Crippen molar-refractivity contribution in [1.82, 2.24) is 9.78 Å². The Kier molecular flexibility index (Phi) is 7.55. The summed E-state index contributed by atoms with van der Waals surface area (Å²) in [6, 6.07) is 16.4. The first kappa shape index (κ1) is 23.9. The fraction of sp³-hybridized carbons (Fsp3) is 0.333. The van der Waals surface area contributed by atoms with Gasteiger partial charge in [0.15, 0.2) is 0 Å². The van der Waals surface area contributed by atoms with Crippen molar-refractivity contribution in [2.24, 2.45) is 0 Å². The van der Waals surface area contributed by atoms with E-state index < -0.39 is 24.6 Å². The van der Waals surface area contributed by atoms with Crippen LogP contribution in [0.25, 0.3) is 11.8 Å². The molecule has 7 heteroatoms. The lowest BCUT2D eigenvalue weighted by Crippen LogP contribution is -2.29. The molecule has 0 bridgehead atoms. The van der Waals surface area contributed by atoms with Gasteiger partial charge in [-0.1, -0.05) is 36.4 Å². The Balaban J connectivity index is 1.66. The van der Waals surface area contributed by atoms with E-state index in [2.05, 4.69) is 12.1 Å². The Morgan fingerprint density at radius 1 is 1.18 bits per heavy atom. The third-order valence-electron chi connectivity index (χ3n) is 6.21. The van der Waals surface area contributed by atoms with Gasteiger partial charge < -0.3 is 20.1 Å². The number of rotatable bonds is 9. The topological polar surface area (TPSA) is 98.4 Å². The largest absolute Gasteiger partial charge is 0.550 e. The van der Waals surface area contributed by atoms with Crippen LogP contribution in [0.1, 0.15) is 54.1 Å². The van der Waals surface area contributed by atoms with Crippen LogP contribution < -0.4 is 5.11 Å². The molecule has 178 valence electrons. The third kappa shape index (κ3) is 5.79. The predicted molar refractivity (Wildman–Crippen MR) is 125 cm³/mol. The van der Waals surface area contributed by atoms with Gasteiger partial charge in [-0.3, -0.25) is 0 Å². The fourth-order valence-electron chi connectivity index (χ4n) is 4.61. The van der Waals surface area contributed by atoms with Gasteiger partial charge in [-0.05, 0) is 61.6 Å². The number of carboxylic acids is 1. The minimum absolute atomic E-state index is 0.117. The summed E-state index contributed by atoms with van der Waals surface area (Å²) in [6.45, 7) is 0. The zero-order valence-corrected chi connectivity index (χ0v) is 18.8. The quantitative estimate of drug-likeness (QED) is 0.509. The van der Waals surface area contributed by atoms with Crippen molar-refractivity contribution in [1.29, 1.82) is 0 Å². The molecule has 0 fully saturated rings. The second kappa shape index (κ2) is 10.8. The van der Waals surface area contributed by atoms with Crippen molar-refractivity contribution in [3.63, 3.8) is 0 Å². The maximum absolute atomic E-state index is 13.6. The Morgan fingerprint density at radius 2 is 1.91 bits per heavy atom. The molecule has 1 aliphatic carbocycles. The Bertz CT molecular complexity index is 1140. The molecule has 0 amide bonds. The number of carboxylic acid groups (broad SMARTS) is 1. The maximum atomic E-state index is 13.6. The molecule has 1 heterocycles.